The molecule has 1 aromatic carbocycles. The Labute approximate surface area is 149 Å². The molecule has 1 saturated heterocycles. The van der Waals surface area contributed by atoms with Crippen LogP contribution in [-0.2, 0) is 6.54 Å². The number of aliphatic hydroxyl groups is 1. The minimum absolute atomic E-state index is 0.0502. The van der Waals surface area contributed by atoms with Gasteiger partial charge in [0, 0.05) is 17.5 Å². The Bertz CT molecular complexity index is 691. The van der Waals surface area contributed by atoms with Gasteiger partial charge in [0.15, 0.2) is 0 Å². The largest absolute Gasteiger partial charge is 0.497 e. The molecule has 0 aliphatic carbocycles. The molecule has 1 atom stereocenters. The maximum atomic E-state index is 9.84. The van der Waals surface area contributed by atoms with Gasteiger partial charge in [0.1, 0.15) is 17.3 Å². The molecule has 0 radical (unpaired) electrons. The average Bonchev–Trinajstić information content (AvgIpc) is 3.11. The molecule has 2 heterocycles. The van der Waals surface area contributed by atoms with Crippen LogP contribution in [0.15, 0.2) is 53.5 Å². The van der Waals surface area contributed by atoms with Crippen molar-refractivity contribution in [3.63, 3.8) is 0 Å². The number of methoxy groups -OCH3 is 1. The van der Waals surface area contributed by atoms with Crippen molar-refractivity contribution in [2.24, 2.45) is 5.41 Å². The van der Waals surface area contributed by atoms with Crippen LogP contribution >= 0.6 is 0 Å². The molecule has 4 heteroatoms. The number of allylic oxidation sites excluding steroid dienone is 1. The standard InChI is InChI=1S/C21H27NO3/c1-3-11-21(16-23)12-4-13-22(15-21)14-19-9-10-20(25-19)17-5-7-18(24-2)8-6-17/h3,5-10,23H,1,4,11-16H2,2H3. The first kappa shape index (κ1) is 17.8. The number of hydrogen-bond donors (Lipinski definition) is 1. The van der Waals surface area contributed by atoms with Crippen molar-refractivity contribution < 1.29 is 14.3 Å². The van der Waals surface area contributed by atoms with Crippen LogP contribution in [0, 0.1) is 5.41 Å². The monoisotopic (exact) mass is 341 g/mol. The van der Waals surface area contributed by atoms with Gasteiger partial charge in [-0.25, -0.2) is 0 Å². The molecule has 1 N–H and O–H groups in total. The molecule has 134 valence electrons. The Morgan fingerprint density at radius 3 is 2.76 bits per heavy atom. The number of benzene rings is 1. The van der Waals surface area contributed by atoms with Crippen LogP contribution in [0.5, 0.6) is 5.75 Å². The lowest BCUT2D eigenvalue weighted by Crippen LogP contribution is -2.44. The highest BCUT2D eigenvalue weighted by Crippen LogP contribution is 2.34. The van der Waals surface area contributed by atoms with E-state index in [0.29, 0.717) is 0 Å². The normalized spacial score (nSPS) is 21.2. The molecule has 0 bridgehead atoms. The van der Waals surface area contributed by atoms with Gasteiger partial charge in [-0.05, 0) is 62.2 Å². The fourth-order valence-corrected chi connectivity index (χ4v) is 3.71. The van der Waals surface area contributed by atoms with Gasteiger partial charge in [0.2, 0.25) is 0 Å². The summed E-state index contributed by atoms with van der Waals surface area (Å²) in [4.78, 5) is 2.37. The number of likely N-dealkylation sites (tertiary alicyclic amines) is 1. The second-order valence-corrected chi connectivity index (χ2v) is 6.96. The predicted molar refractivity (Wildman–Crippen MR) is 99.5 cm³/mol. The number of ether oxygens (including phenoxy) is 1. The summed E-state index contributed by atoms with van der Waals surface area (Å²) in [5.41, 5.74) is 0.993. The van der Waals surface area contributed by atoms with Crippen molar-refractivity contribution in [1.29, 1.82) is 0 Å². The summed E-state index contributed by atoms with van der Waals surface area (Å²) >= 11 is 0. The highest BCUT2D eigenvalue weighted by molar-refractivity contribution is 5.58. The third-order valence-electron chi connectivity index (χ3n) is 5.07. The molecule has 1 unspecified atom stereocenters. The van der Waals surface area contributed by atoms with Crippen LogP contribution in [0.1, 0.15) is 25.0 Å². The van der Waals surface area contributed by atoms with Gasteiger partial charge in [-0.2, -0.15) is 0 Å². The first-order valence-corrected chi connectivity index (χ1v) is 8.85. The zero-order valence-electron chi connectivity index (χ0n) is 14.9. The SMILES string of the molecule is C=CCC1(CO)CCCN(Cc2ccc(-c3ccc(OC)cc3)o2)C1. The third-order valence-corrected chi connectivity index (χ3v) is 5.07. The van der Waals surface area contributed by atoms with Crippen molar-refractivity contribution in [2.45, 2.75) is 25.8 Å². The molecule has 1 aromatic heterocycles. The highest BCUT2D eigenvalue weighted by Gasteiger charge is 2.34. The Morgan fingerprint density at radius 2 is 2.08 bits per heavy atom. The molecule has 2 aromatic rings. The van der Waals surface area contributed by atoms with E-state index in [1.165, 1.54) is 0 Å². The molecule has 4 nitrogen and oxygen atoms in total. The van der Waals surface area contributed by atoms with Gasteiger partial charge in [-0.1, -0.05) is 6.08 Å². The molecular weight excluding hydrogens is 314 g/mol. The number of hydrogen-bond acceptors (Lipinski definition) is 4. The zero-order chi connectivity index (χ0) is 17.7. The van der Waals surface area contributed by atoms with E-state index >= 15 is 0 Å². The van der Waals surface area contributed by atoms with Crippen LogP contribution in [0.4, 0.5) is 0 Å². The van der Waals surface area contributed by atoms with Gasteiger partial charge in [-0.15, -0.1) is 6.58 Å². The Hall–Kier alpha value is -2.04. The summed E-state index contributed by atoms with van der Waals surface area (Å²) in [5.74, 6) is 2.67. The maximum Gasteiger partial charge on any atom is 0.134 e. The smallest absolute Gasteiger partial charge is 0.134 e. The number of aliphatic hydroxyl groups excluding tert-OH is 1. The second-order valence-electron chi connectivity index (χ2n) is 6.96. The van der Waals surface area contributed by atoms with Crippen LogP contribution in [0.3, 0.4) is 0 Å². The van der Waals surface area contributed by atoms with Gasteiger partial charge >= 0.3 is 0 Å². The lowest BCUT2D eigenvalue weighted by Gasteiger charge is -2.41. The number of nitrogens with zero attached hydrogens (tertiary/aromatic N) is 1. The molecule has 1 fully saturated rings. The van der Waals surface area contributed by atoms with Crippen LogP contribution in [0.2, 0.25) is 0 Å². The molecule has 3 rings (SSSR count). The van der Waals surface area contributed by atoms with Crippen molar-refractivity contribution >= 4 is 0 Å². The number of furan rings is 1. The Kier molecular flexibility index (Phi) is 5.61. The predicted octanol–water partition coefficient (Wildman–Crippen LogP) is 4.11. The van der Waals surface area contributed by atoms with E-state index in [9.17, 15) is 5.11 Å². The number of piperidine rings is 1. The first-order valence-electron chi connectivity index (χ1n) is 8.85. The van der Waals surface area contributed by atoms with E-state index < -0.39 is 0 Å². The van der Waals surface area contributed by atoms with E-state index in [-0.39, 0.29) is 12.0 Å². The van der Waals surface area contributed by atoms with Gasteiger partial charge in [0.25, 0.3) is 0 Å². The van der Waals surface area contributed by atoms with Crippen LogP contribution < -0.4 is 4.74 Å². The van der Waals surface area contributed by atoms with Crippen molar-refractivity contribution in [3.8, 4) is 17.1 Å². The molecule has 1 aliphatic heterocycles. The molecule has 0 saturated carbocycles. The summed E-state index contributed by atoms with van der Waals surface area (Å²) < 4.78 is 11.2. The summed E-state index contributed by atoms with van der Waals surface area (Å²) in [6, 6.07) is 11.9. The minimum Gasteiger partial charge on any atom is -0.497 e. The van der Waals surface area contributed by atoms with Gasteiger partial charge in [-0.3, -0.25) is 4.90 Å². The molecule has 0 spiro atoms. The molecule has 1 aliphatic rings. The van der Waals surface area contributed by atoms with Crippen LogP contribution in [-0.4, -0.2) is 36.8 Å². The van der Waals surface area contributed by atoms with E-state index in [0.717, 1.165) is 61.7 Å². The van der Waals surface area contributed by atoms with E-state index in [1.54, 1.807) is 7.11 Å². The zero-order valence-corrected chi connectivity index (χ0v) is 14.9. The summed E-state index contributed by atoms with van der Waals surface area (Å²) in [6.07, 6.45) is 4.94. The second kappa shape index (κ2) is 7.89. The van der Waals surface area contributed by atoms with Gasteiger partial charge < -0.3 is 14.3 Å². The lowest BCUT2D eigenvalue weighted by molar-refractivity contribution is 0.0283. The fourth-order valence-electron chi connectivity index (χ4n) is 3.71. The van der Waals surface area contributed by atoms with Crippen molar-refractivity contribution in [3.05, 3.63) is 54.8 Å². The topological polar surface area (TPSA) is 45.8 Å². The Morgan fingerprint density at radius 1 is 1.28 bits per heavy atom. The van der Waals surface area contributed by atoms with E-state index in [2.05, 4.69) is 11.5 Å². The molecule has 25 heavy (non-hydrogen) atoms. The third kappa shape index (κ3) is 4.14. The van der Waals surface area contributed by atoms with Gasteiger partial charge in [0.05, 0.1) is 20.3 Å². The molecular formula is C21H27NO3. The minimum atomic E-state index is -0.0502. The quantitative estimate of drug-likeness (QED) is 0.770. The average molecular weight is 341 g/mol. The molecule has 0 amide bonds. The maximum absolute atomic E-state index is 9.84. The Balaban J connectivity index is 1.67. The van der Waals surface area contributed by atoms with E-state index in [4.69, 9.17) is 9.15 Å². The first-order chi connectivity index (χ1) is 12.2. The summed E-state index contributed by atoms with van der Waals surface area (Å²) in [6.45, 7) is 6.76. The lowest BCUT2D eigenvalue weighted by atomic mass is 9.78. The van der Waals surface area contributed by atoms with Crippen molar-refractivity contribution in [2.75, 3.05) is 26.8 Å². The summed E-state index contributed by atoms with van der Waals surface area (Å²) in [5, 5.41) is 9.84. The fraction of sp³-hybridized carbons (Fsp3) is 0.429. The van der Waals surface area contributed by atoms with Crippen LogP contribution in [0.25, 0.3) is 11.3 Å². The highest BCUT2D eigenvalue weighted by atomic mass is 16.5. The van der Waals surface area contributed by atoms with E-state index in [1.807, 2.05) is 42.5 Å². The summed E-state index contributed by atoms with van der Waals surface area (Å²) in [7, 11) is 1.66. The number of rotatable bonds is 7. The van der Waals surface area contributed by atoms with Crippen molar-refractivity contribution in [1.82, 2.24) is 4.90 Å².